The third kappa shape index (κ3) is 9.62. The predicted molar refractivity (Wildman–Crippen MR) is 120 cm³/mol. The van der Waals surface area contributed by atoms with E-state index in [4.69, 9.17) is 4.74 Å². The Balaban J connectivity index is 1.72. The second-order valence-corrected chi connectivity index (χ2v) is 8.33. The summed E-state index contributed by atoms with van der Waals surface area (Å²) in [6.45, 7) is 10.1. The van der Waals surface area contributed by atoms with Crippen LogP contribution in [0, 0.1) is 5.92 Å². The Bertz CT molecular complexity index is 721. The molecule has 0 saturated heterocycles. The van der Waals surface area contributed by atoms with Crippen molar-refractivity contribution >= 4 is 23.6 Å². The number of nitrogens with one attached hydrogen (secondary N) is 4. The molecule has 1 aliphatic rings. The van der Waals surface area contributed by atoms with Gasteiger partial charge in [0.1, 0.15) is 5.60 Å². The number of anilines is 1. The predicted octanol–water partition coefficient (Wildman–Crippen LogP) is 2.66. The molecule has 1 aromatic carbocycles. The van der Waals surface area contributed by atoms with E-state index >= 15 is 0 Å². The zero-order valence-corrected chi connectivity index (χ0v) is 18.5. The molecule has 8 heteroatoms. The van der Waals surface area contributed by atoms with Gasteiger partial charge in [-0.25, -0.2) is 4.79 Å². The Kier molecular flexibility index (Phi) is 8.95. The summed E-state index contributed by atoms with van der Waals surface area (Å²) < 4.78 is 5.25. The first kappa shape index (κ1) is 23.5. The summed E-state index contributed by atoms with van der Waals surface area (Å²) in [5, 5.41) is 12.1. The fraction of sp³-hybridized carbons (Fsp3) is 0.591. The van der Waals surface area contributed by atoms with Crippen molar-refractivity contribution < 1.29 is 14.3 Å². The van der Waals surface area contributed by atoms with Gasteiger partial charge in [-0.15, -0.1) is 0 Å². The van der Waals surface area contributed by atoms with Gasteiger partial charge in [-0.2, -0.15) is 0 Å². The molecule has 0 atom stereocenters. The molecule has 8 nitrogen and oxygen atoms in total. The van der Waals surface area contributed by atoms with E-state index in [0.717, 1.165) is 37.3 Å². The number of aliphatic imine (C=N–C) groups is 1. The van der Waals surface area contributed by atoms with Gasteiger partial charge in [-0.05, 0) is 64.7 Å². The number of ether oxygens (including phenoxy) is 1. The van der Waals surface area contributed by atoms with E-state index in [1.165, 1.54) is 0 Å². The summed E-state index contributed by atoms with van der Waals surface area (Å²) in [6, 6.07) is 7.65. The number of benzene rings is 1. The summed E-state index contributed by atoms with van der Waals surface area (Å²) in [5.41, 5.74) is 1.30. The van der Waals surface area contributed by atoms with Gasteiger partial charge in [0.25, 0.3) is 0 Å². The molecule has 2 rings (SSSR count). The van der Waals surface area contributed by atoms with Crippen molar-refractivity contribution in [2.75, 3.05) is 31.5 Å². The van der Waals surface area contributed by atoms with Gasteiger partial charge in [0.2, 0.25) is 5.91 Å². The van der Waals surface area contributed by atoms with Crippen LogP contribution in [0.5, 0.6) is 0 Å². The van der Waals surface area contributed by atoms with Gasteiger partial charge < -0.3 is 20.7 Å². The number of guanidine groups is 1. The number of carbonyl (C=O) groups excluding carboxylic acids is 2. The third-order valence-electron chi connectivity index (χ3n) is 4.28. The standard InChI is InChI=1S/C22H35N5O3/c1-5-23-20(26-15-14-24-19(28)17-8-9-17)25-13-12-16-6-10-18(11-7-16)27-21(29)30-22(2,3)4/h6-7,10-11,17H,5,8-9,12-15H2,1-4H3,(H,24,28)(H,27,29)(H2,23,25,26). The number of hydrogen-bond donors (Lipinski definition) is 4. The fourth-order valence-corrected chi connectivity index (χ4v) is 2.67. The first-order valence-electron chi connectivity index (χ1n) is 10.7. The molecule has 0 unspecified atom stereocenters. The van der Waals surface area contributed by atoms with Crippen LogP contribution in [0.2, 0.25) is 0 Å². The van der Waals surface area contributed by atoms with Crippen molar-refractivity contribution in [3.63, 3.8) is 0 Å². The van der Waals surface area contributed by atoms with Crippen LogP contribution in [-0.2, 0) is 16.0 Å². The van der Waals surface area contributed by atoms with Crippen LogP contribution in [0.3, 0.4) is 0 Å². The minimum absolute atomic E-state index is 0.156. The van der Waals surface area contributed by atoms with Crippen LogP contribution in [0.1, 0.15) is 46.1 Å². The molecule has 1 fully saturated rings. The third-order valence-corrected chi connectivity index (χ3v) is 4.28. The molecule has 0 radical (unpaired) electrons. The number of amides is 2. The summed E-state index contributed by atoms with van der Waals surface area (Å²) in [4.78, 5) is 28.0. The maximum atomic E-state index is 11.8. The van der Waals surface area contributed by atoms with E-state index in [-0.39, 0.29) is 11.8 Å². The summed E-state index contributed by atoms with van der Waals surface area (Å²) in [6.07, 6.45) is 2.35. The Morgan fingerprint density at radius 3 is 2.33 bits per heavy atom. The lowest BCUT2D eigenvalue weighted by atomic mass is 10.1. The Labute approximate surface area is 179 Å². The molecule has 0 spiro atoms. The highest BCUT2D eigenvalue weighted by atomic mass is 16.6. The maximum Gasteiger partial charge on any atom is 0.412 e. The van der Waals surface area contributed by atoms with Gasteiger partial charge >= 0.3 is 6.09 Å². The first-order chi connectivity index (χ1) is 14.3. The highest BCUT2D eigenvalue weighted by Crippen LogP contribution is 2.28. The SMILES string of the molecule is CCNC(=NCCc1ccc(NC(=O)OC(C)(C)C)cc1)NCCNC(=O)C1CC1. The summed E-state index contributed by atoms with van der Waals surface area (Å²) in [5.74, 6) is 1.13. The zero-order valence-electron chi connectivity index (χ0n) is 18.5. The van der Waals surface area contributed by atoms with E-state index in [0.29, 0.717) is 25.3 Å². The van der Waals surface area contributed by atoms with Gasteiger partial charge in [-0.1, -0.05) is 12.1 Å². The summed E-state index contributed by atoms with van der Waals surface area (Å²) >= 11 is 0. The minimum Gasteiger partial charge on any atom is -0.444 e. The molecule has 4 N–H and O–H groups in total. The van der Waals surface area contributed by atoms with Crippen molar-refractivity contribution in [1.82, 2.24) is 16.0 Å². The van der Waals surface area contributed by atoms with E-state index in [2.05, 4.69) is 26.3 Å². The summed E-state index contributed by atoms with van der Waals surface area (Å²) in [7, 11) is 0. The number of nitrogens with zero attached hydrogens (tertiary/aromatic N) is 1. The molecule has 0 aliphatic heterocycles. The second-order valence-electron chi connectivity index (χ2n) is 8.33. The van der Waals surface area contributed by atoms with Crippen LogP contribution in [0.25, 0.3) is 0 Å². The molecule has 1 aliphatic carbocycles. The first-order valence-corrected chi connectivity index (χ1v) is 10.7. The van der Waals surface area contributed by atoms with Crippen molar-refractivity contribution in [3.8, 4) is 0 Å². The van der Waals surface area contributed by atoms with E-state index in [1.54, 1.807) is 0 Å². The van der Waals surface area contributed by atoms with Crippen LogP contribution in [-0.4, -0.2) is 49.7 Å². The van der Waals surface area contributed by atoms with Gasteiger partial charge in [0.05, 0.1) is 0 Å². The van der Waals surface area contributed by atoms with Crippen molar-refractivity contribution in [2.24, 2.45) is 10.9 Å². The quantitative estimate of drug-likeness (QED) is 0.281. The number of hydrogen-bond acceptors (Lipinski definition) is 4. The number of rotatable bonds is 9. The van der Waals surface area contributed by atoms with Crippen LogP contribution in [0.15, 0.2) is 29.3 Å². The molecule has 2 amide bonds. The lowest BCUT2D eigenvalue weighted by Gasteiger charge is -2.19. The Morgan fingerprint density at radius 1 is 1.07 bits per heavy atom. The second kappa shape index (κ2) is 11.4. The molecule has 1 saturated carbocycles. The molecular formula is C22H35N5O3. The minimum atomic E-state index is -0.525. The Morgan fingerprint density at radius 2 is 1.73 bits per heavy atom. The van der Waals surface area contributed by atoms with Crippen molar-refractivity contribution in [1.29, 1.82) is 0 Å². The van der Waals surface area contributed by atoms with Gasteiger partial charge in [0, 0.05) is 37.8 Å². The number of carbonyl (C=O) groups is 2. The van der Waals surface area contributed by atoms with E-state index in [1.807, 2.05) is 52.0 Å². The smallest absolute Gasteiger partial charge is 0.412 e. The van der Waals surface area contributed by atoms with Crippen LogP contribution >= 0.6 is 0 Å². The lowest BCUT2D eigenvalue weighted by Crippen LogP contribution is -2.41. The van der Waals surface area contributed by atoms with Crippen LogP contribution < -0.4 is 21.3 Å². The van der Waals surface area contributed by atoms with E-state index in [9.17, 15) is 9.59 Å². The molecule has 1 aromatic rings. The van der Waals surface area contributed by atoms with Gasteiger partial charge in [-0.3, -0.25) is 15.1 Å². The molecule has 166 valence electrons. The van der Waals surface area contributed by atoms with Gasteiger partial charge in [0.15, 0.2) is 5.96 Å². The van der Waals surface area contributed by atoms with E-state index < -0.39 is 11.7 Å². The highest BCUT2D eigenvalue weighted by molar-refractivity contribution is 5.84. The largest absolute Gasteiger partial charge is 0.444 e. The zero-order chi connectivity index (χ0) is 22.0. The normalized spacial score (nSPS) is 14.1. The lowest BCUT2D eigenvalue weighted by molar-refractivity contribution is -0.122. The fourth-order valence-electron chi connectivity index (χ4n) is 2.67. The topological polar surface area (TPSA) is 104 Å². The maximum absolute atomic E-state index is 11.8. The highest BCUT2D eigenvalue weighted by Gasteiger charge is 2.28. The van der Waals surface area contributed by atoms with Crippen molar-refractivity contribution in [3.05, 3.63) is 29.8 Å². The molecule has 0 heterocycles. The van der Waals surface area contributed by atoms with Crippen LogP contribution in [0.4, 0.5) is 10.5 Å². The molecule has 0 aromatic heterocycles. The average molecular weight is 418 g/mol. The molecule has 0 bridgehead atoms. The molecular weight excluding hydrogens is 382 g/mol. The average Bonchev–Trinajstić information content (AvgIpc) is 3.50. The van der Waals surface area contributed by atoms with Crippen molar-refractivity contribution in [2.45, 2.75) is 52.6 Å². The monoisotopic (exact) mass is 417 g/mol. The Hall–Kier alpha value is -2.77. The molecule has 30 heavy (non-hydrogen) atoms.